The Morgan fingerprint density at radius 1 is 1.50 bits per heavy atom. The van der Waals surface area contributed by atoms with Crippen molar-refractivity contribution in [3.05, 3.63) is 33.9 Å². The van der Waals surface area contributed by atoms with Crippen LogP contribution >= 0.6 is 0 Å². The number of amides is 1. The maximum atomic E-state index is 11.8. The third kappa shape index (κ3) is 4.85. The van der Waals surface area contributed by atoms with E-state index in [2.05, 4.69) is 5.32 Å². The largest absolute Gasteiger partial charge is 0.393 e. The number of nitro benzene ring substituents is 1. The quantitative estimate of drug-likeness (QED) is 0.341. The number of nitrogens with zero attached hydrogens (tertiary/aromatic N) is 1. The summed E-state index contributed by atoms with van der Waals surface area (Å²) < 4.78 is 5.33. The van der Waals surface area contributed by atoms with E-state index >= 15 is 0 Å². The topological polar surface area (TPSA) is 107 Å². The molecule has 1 rings (SSSR count). The van der Waals surface area contributed by atoms with Crippen molar-refractivity contribution in [2.24, 2.45) is 5.92 Å². The molecular weight excluding hydrogens is 262 g/mol. The van der Waals surface area contributed by atoms with Crippen LogP contribution in [0.25, 0.3) is 0 Å². The number of ether oxygens (including phenoxy) is 1. The number of nitrogens with two attached hydrogens (primary N) is 1. The number of rotatable bonds is 7. The second-order valence-corrected chi connectivity index (χ2v) is 4.76. The molecule has 0 spiro atoms. The molecule has 0 aliphatic heterocycles. The molecule has 0 unspecified atom stereocenters. The first-order chi connectivity index (χ1) is 9.41. The summed E-state index contributed by atoms with van der Waals surface area (Å²) in [7, 11) is 0. The van der Waals surface area contributed by atoms with E-state index in [0.29, 0.717) is 25.7 Å². The molecular formula is C13H19N3O4. The second kappa shape index (κ2) is 7.44. The van der Waals surface area contributed by atoms with Crippen molar-refractivity contribution in [2.75, 3.05) is 25.5 Å². The highest BCUT2D eigenvalue weighted by Gasteiger charge is 2.14. The van der Waals surface area contributed by atoms with Crippen LogP contribution < -0.4 is 11.1 Å². The molecule has 0 heterocycles. The summed E-state index contributed by atoms with van der Waals surface area (Å²) in [5, 5.41) is 13.3. The first-order valence-corrected chi connectivity index (χ1v) is 6.31. The number of nitrogen functional groups attached to an aromatic ring is 1. The Bertz CT molecular complexity index is 489. The van der Waals surface area contributed by atoms with Gasteiger partial charge in [0, 0.05) is 24.8 Å². The third-order valence-electron chi connectivity index (χ3n) is 2.47. The number of nitrogens with one attached hydrogen (secondary N) is 1. The lowest BCUT2D eigenvalue weighted by atomic mass is 10.1. The number of anilines is 1. The first kappa shape index (κ1) is 15.9. The third-order valence-corrected chi connectivity index (χ3v) is 2.47. The molecule has 20 heavy (non-hydrogen) atoms. The van der Waals surface area contributed by atoms with Crippen molar-refractivity contribution >= 4 is 17.3 Å². The molecule has 0 radical (unpaired) electrons. The zero-order valence-corrected chi connectivity index (χ0v) is 11.6. The molecule has 0 fully saturated rings. The van der Waals surface area contributed by atoms with Gasteiger partial charge in [-0.1, -0.05) is 13.8 Å². The van der Waals surface area contributed by atoms with Crippen LogP contribution in [0.1, 0.15) is 24.2 Å². The average Bonchev–Trinajstić information content (AvgIpc) is 2.37. The van der Waals surface area contributed by atoms with Crippen LogP contribution in [0.5, 0.6) is 0 Å². The summed E-state index contributed by atoms with van der Waals surface area (Å²) in [5.41, 5.74) is 5.58. The van der Waals surface area contributed by atoms with Gasteiger partial charge in [0.15, 0.2) is 0 Å². The summed E-state index contributed by atoms with van der Waals surface area (Å²) in [5.74, 6) is 0.111. The van der Waals surface area contributed by atoms with Crippen LogP contribution in [-0.2, 0) is 4.74 Å². The predicted molar refractivity (Wildman–Crippen MR) is 75.5 cm³/mol. The lowest BCUT2D eigenvalue weighted by Gasteiger charge is -2.08. The van der Waals surface area contributed by atoms with Crippen molar-refractivity contribution in [1.82, 2.24) is 5.32 Å². The molecule has 0 saturated heterocycles. The summed E-state index contributed by atoms with van der Waals surface area (Å²) >= 11 is 0. The molecule has 0 aliphatic rings. The fourth-order valence-electron chi connectivity index (χ4n) is 1.52. The molecule has 110 valence electrons. The van der Waals surface area contributed by atoms with E-state index in [1.54, 1.807) is 0 Å². The normalized spacial score (nSPS) is 10.6. The van der Waals surface area contributed by atoms with Crippen molar-refractivity contribution in [3.8, 4) is 0 Å². The predicted octanol–water partition coefficient (Wildman–Crippen LogP) is 1.58. The monoisotopic (exact) mass is 281 g/mol. The van der Waals surface area contributed by atoms with Crippen LogP contribution in [0.2, 0.25) is 0 Å². The minimum Gasteiger partial charge on any atom is -0.393 e. The molecule has 0 aliphatic carbocycles. The zero-order chi connectivity index (χ0) is 15.1. The molecule has 0 aromatic heterocycles. The maximum Gasteiger partial charge on any atom is 0.292 e. The Labute approximate surface area is 117 Å². The Kier molecular flexibility index (Phi) is 5.92. The smallest absolute Gasteiger partial charge is 0.292 e. The number of benzene rings is 1. The van der Waals surface area contributed by atoms with Crippen molar-refractivity contribution in [2.45, 2.75) is 13.8 Å². The molecule has 7 nitrogen and oxygen atoms in total. The zero-order valence-electron chi connectivity index (χ0n) is 11.6. The van der Waals surface area contributed by atoms with Gasteiger partial charge in [0.05, 0.1) is 11.5 Å². The number of carbonyl (C=O) groups excluding carboxylic acids is 1. The van der Waals surface area contributed by atoms with Gasteiger partial charge in [-0.15, -0.1) is 0 Å². The fraction of sp³-hybridized carbons (Fsp3) is 0.462. The minimum absolute atomic E-state index is 0.0290. The van der Waals surface area contributed by atoms with Gasteiger partial charge in [0.25, 0.3) is 11.6 Å². The van der Waals surface area contributed by atoms with Gasteiger partial charge in [-0.05, 0) is 18.1 Å². The standard InChI is InChI=1S/C13H19N3O4/c1-9(2)8-20-6-5-15-13(17)10-3-4-12(16(18)19)11(14)7-10/h3-4,7,9H,5-6,8,14H2,1-2H3,(H,15,17). The molecule has 1 amide bonds. The number of carbonyl (C=O) groups is 1. The summed E-state index contributed by atoms with van der Waals surface area (Å²) in [6, 6.07) is 3.89. The Morgan fingerprint density at radius 3 is 2.75 bits per heavy atom. The highest BCUT2D eigenvalue weighted by Crippen LogP contribution is 2.21. The van der Waals surface area contributed by atoms with Crippen LogP contribution in [0.4, 0.5) is 11.4 Å². The number of hydrogen-bond donors (Lipinski definition) is 2. The van der Waals surface area contributed by atoms with E-state index in [4.69, 9.17) is 10.5 Å². The van der Waals surface area contributed by atoms with Gasteiger partial charge < -0.3 is 15.8 Å². The van der Waals surface area contributed by atoms with Crippen LogP contribution in [0.15, 0.2) is 18.2 Å². The van der Waals surface area contributed by atoms with E-state index in [-0.39, 0.29) is 22.8 Å². The van der Waals surface area contributed by atoms with Gasteiger partial charge in [-0.3, -0.25) is 14.9 Å². The lowest BCUT2D eigenvalue weighted by molar-refractivity contribution is -0.383. The summed E-state index contributed by atoms with van der Waals surface area (Å²) in [6.45, 7) is 5.52. The Morgan fingerprint density at radius 2 is 2.20 bits per heavy atom. The van der Waals surface area contributed by atoms with Gasteiger partial charge in [0.1, 0.15) is 5.69 Å². The maximum absolute atomic E-state index is 11.8. The first-order valence-electron chi connectivity index (χ1n) is 6.31. The highest BCUT2D eigenvalue weighted by molar-refractivity contribution is 5.95. The van der Waals surface area contributed by atoms with Crippen LogP contribution in [0.3, 0.4) is 0 Å². The minimum atomic E-state index is -0.587. The van der Waals surface area contributed by atoms with E-state index in [9.17, 15) is 14.9 Å². The van der Waals surface area contributed by atoms with E-state index in [1.165, 1.54) is 18.2 Å². The van der Waals surface area contributed by atoms with Crippen LogP contribution in [-0.4, -0.2) is 30.6 Å². The fourth-order valence-corrected chi connectivity index (χ4v) is 1.52. The van der Waals surface area contributed by atoms with Crippen molar-refractivity contribution in [1.29, 1.82) is 0 Å². The SMILES string of the molecule is CC(C)COCCNC(=O)c1ccc([N+](=O)[O-])c(N)c1. The van der Waals surface area contributed by atoms with E-state index in [1.807, 2.05) is 13.8 Å². The number of hydrogen-bond acceptors (Lipinski definition) is 5. The van der Waals surface area contributed by atoms with Crippen molar-refractivity contribution < 1.29 is 14.5 Å². The number of nitro groups is 1. The van der Waals surface area contributed by atoms with E-state index in [0.717, 1.165) is 0 Å². The van der Waals surface area contributed by atoms with Gasteiger partial charge in [0.2, 0.25) is 0 Å². The van der Waals surface area contributed by atoms with Gasteiger partial charge in [-0.2, -0.15) is 0 Å². The molecule has 7 heteroatoms. The highest BCUT2D eigenvalue weighted by atomic mass is 16.6. The van der Waals surface area contributed by atoms with Gasteiger partial charge >= 0.3 is 0 Å². The van der Waals surface area contributed by atoms with Crippen LogP contribution in [0, 0.1) is 16.0 Å². The summed E-state index contributed by atoms with van der Waals surface area (Å²) in [4.78, 5) is 21.8. The lowest BCUT2D eigenvalue weighted by Crippen LogP contribution is -2.27. The summed E-state index contributed by atoms with van der Waals surface area (Å²) in [6.07, 6.45) is 0. The molecule has 1 aromatic rings. The average molecular weight is 281 g/mol. The Hall–Kier alpha value is -2.15. The molecule has 0 atom stereocenters. The van der Waals surface area contributed by atoms with E-state index < -0.39 is 4.92 Å². The second-order valence-electron chi connectivity index (χ2n) is 4.76. The molecule has 1 aromatic carbocycles. The molecule has 0 bridgehead atoms. The van der Waals surface area contributed by atoms with Crippen molar-refractivity contribution in [3.63, 3.8) is 0 Å². The molecule has 0 saturated carbocycles. The Balaban J connectivity index is 2.48. The molecule has 3 N–H and O–H groups in total. The van der Waals surface area contributed by atoms with Gasteiger partial charge in [-0.25, -0.2) is 0 Å².